The van der Waals surface area contributed by atoms with Crippen LogP contribution in [0.3, 0.4) is 0 Å². The van der Waals surface area contributed by atoms with Gasteiger partial charge in [0.05, 0.1) is 10.6 Å². The van der Waals surface area contributed by atoms with Crippen LogP contribution in [0.2, 0.25) is 0 Å². The summed E-state index contributed by atoms with van der Waals surface area (Å²) < 4.78 is 33.4. The number of benzene rings is 2. The van der Waals surface area contributed by atoms with Crippen LogP contribution in [0.4, 0.5) is 11.4 Å². The second-order valence-electron chi connectivity index (χ2n) is 8.57. The molecule has 0 aliphatic carbocycles. The second-order valence-corrected chi connectivity index (χ2v) is 10.5. The zero-order chi connectivity index (χ0) is 25.3. The molecule has 0 radical (unpaired) electrons. The van der Waals surface area contributed by atoms with E-state index in [0.29, 0.717) is 29.1 Å². The van der Waals surface area contributed by atoms with Gasteiger partial charge < -0.3 is 20.3 Å². The van der Waals surface area contributed by atoms with Gasteiger partial charge in [-0.15, -0.1) is 0 Å². The first-order valence-electron chi connectivity index (χ1n) is 11.4. The summed E-state index contributed by atoms with van der Waals surface area (Å²) in [5.41, 5.74) is 2.15. The first-order valence-corrected chi connectivity index (χ1v) is 12.8. The van der Waals surface area contributed by atoms with Crippen molar-refractivity contribution in [2.75, 3.05) is 36.8 Å². The highest BCUT2D eigenvalue weighted by atomic mass is 32.2. The molecule has 4 rings (SSSR count). The summed E-state index contributed by atoms with van der Waals surface area (Å²) in [6, 6.07) is 9.51. The lowest BCUT2D eigenvalue weighted by Gasteiger charge is -2.34. The number of sulfonamides is 1. The second kappa shape index (κ2) is 9.67. The number of nitrogens with one attached hydrogen (secondary N) is 2. The van der Waals surface area contributed by atoms with Crippen molar-refractivity contribution in [1.29, 1.82) is 0 Å². The molecule has 0 spiro atoms. The van der Waals surface area contributed by atoms with Crippen molar-refractivity contribution in [3.05, 3.63) is 47.5 Å². The molecule has 2 heterocycles. The molecule has 2 aliphatic rings. The van der Waals surface area contributed by atoms with Crippen LogP contribution in [-0.4, -0.2) is 67.6 Å². The number of aryl methyl sites for hydroxylation is 1. The lowest BCUT2D eigenvalue weighted by molar-refractivity contribution is -0.123. The molecule has 2 aromatic carbocycles. The average molecular weight is 501 g/mol. The first kappa shape index (κ1) is 24.7. The van der Waals surface area contributed by atoms with Gasteiger partial charge in [-0.3, -0.25) is 14.4 Å². The smallest absolute Gasteiger partial charge is 0.265 e. The Kier molecular flexibility index (Phi) is 6.82. The highest BCUT2D eigenvalue weighted by Crippen LogP contribution is 2.33. The fraction of sp³-hybridized carbons (Fsp3) is 0.375. The van der Waals surface area contributed by atoms with Crippen molar-refractivity contribution < 1.29 is 27.5 Å². The van der Waals surface area contributed by atoms with Gasteiger partial charge >= 0.3 is 0 Å². The van der Waals surface area contributed by atoms with E-state index in [9.17, 15) is 22.8 Å². The molecule has 0 bridgehead atoms. The molecule has 1 unspecified atom stereocenters. The van der Waals surface area contributed by atoms with Gasteiger partial charge in [-0.2, -0.15) is 4.31 Å². The normalized spacial score (nSPS) is 18.3. The van der Waals surface area contributed by atoms with Gasteiger partial charge in [-0.1, -0.05) is 13.0 Å². The summed E-state index contributed by atoms with van der Waals surface area (Å²) in [6.07, 6.45) is -0.0933. The monoisotopic (exact) mass is 500 g/mol. The molecular weight excluding hydrogens is 472 g/mol. The van der Waals surface area contributed by atoms with Crippen molar-refractivity contribution in [3.63, 3.8) is 0 Å². The summed E-state index contributed by atoms with van der Waals surface area (Å²) in [5.74, 6) is -0.329. The van der Waals surface area contributed by atoms with E-state index in [0.717, 1.165) is 5.56 Å². The van der Waals surface area contributed by atoms with E-state index in [4.69, 9.17) is 4.74 Å². The number of hydrogen-bond donors (Lipinski definition) is 2. The predicted octanol–water partition coefficient (Wildman–Crippen LogP) is 2.21. The molecule has 1 atom stereocenters. The Morgan fingerprint density at radius 1 is 1.11 bits per heavy atom. The zero-order valence-electron chi connectivity index (χ0n) is 19.8. The molecular formula is C24H28N4O6S. The average Bonchev–Trinajstić information content (AvgIpc) is 2.84. The molecule has 2 aromatic rings. The van der Waals surface area contributed by atoms with E-state index in [-0.39, 0.29) is 48.8 Å². The summed E-state index contributed by atoms with van der Waals surface area (Å²) in [6.45, 7) is 5.79. The highest BCUT2D eigenvalue weighted by Gasteiger charge is 2.33. The van der Waals surface area contributed by atoms with Crippen molar-refractivity contribution in [1.82, 2.24) is 9.21 Å². The standard InChI is InChI=1S/C24H28N4O6S/c1-4-21-23(30)26-20-14-18(7-8-22(20)34-21)35(32,33)28-11-9-27(10-12-28)24(31)17-6-5-15(2)19(13-17)25-16(3)29/h5-8,13-14,21H,4,9-12H2,1-3H3,(H,25,29)(H,26,30). The van der Waals surface area contributed by atoms with Gasteiger partial charge in [0.15, 0.2) is 6.10 Å². The molecule has 0 saturated carbocycles. The number of nitrogens with zero attached hydrogens (tertiary/aromatic N) is 2. The lowest BCUT2D eigenvalue weighted by atomic mass is 10.1. The summed E-state index contributed by atoms with van der Waals surface area (Å²) in [5, 5.41) is 5.42. The van der Waals surface area contributed by atoms with Gasteiger partial charge in [-0.25, -0.2) is 8.42 Å². The molecule has 1 saturated heterocycles. The van der Waals surface area contributed by atoms with Gasteiger partial charge in [0.25, 0.3) is 11.8 Å². The number of fused-ring (bicyclic) bond motifs is 1. The summed E-state index contributed by atoms with van der Waals surface area (Å²) in [7, 11) is -3.83. The maximum Gasteiger partial charge on any atom is 0.265 e. The third-order valence-corrected chi connectivity index (χ3v) is 7.99. The van der Waals surface area contributed by atoms with E-state index in [1.807, 2.05) is 13.8 Å². The van der Waals surface area contributed by atoms with Crippen LogP contribution < -0.4 is 15.4 Å². The molecule has 35 heavy (non-hydrogen) atoms. The van der Waals surface area contributed by atoms with Crippen LogP contribution in [0, 0.1) is 6.92 Å². The predicted molar refractivity (Wildman–Crippen MR) is 130 cm³/mol. The molecule has 2 aliphatic heterocycles. The fourth-order valence-electron chi connectivity index (χ4n) is 4.10. The Balaban J connectivity index is 1.45. The maximum absolute atomic E-state index is 13.2. The summed E-state index contributed by atoms with van der Waals surface area (Å²) >= 11 is 0. The topological polar surface area (TPSA) is 125 Å². The Hall–Kier alpha value is -3.44. The van der Waals surface area contributed by atoms with Crippen molar-refractivity contribution in [3.8, 4) is 5.75 Å². The Morgan fingerprint density at radius 3 is 2.49 bits per heavy atom. The van der Waals surface area contributed by atoms with E-state index >= 15 is 0 Å². The number of piperazine rings is 1. The van der Waals surface area contributed by atoms with Crippen molar-refractivity contribution in [2.45, 2.75) is 38.2 Å². The first-order chi connectivity index (χ1) is 16.6. The molecule has 0 aromatic heterocycles. The third kappa shape index (κ3) is 5.01. The van der Waals surface area contributed by atoms with Crippen LogP contribution in [0.25, 0.3) is 0 Å². The molecule has 3 amide bonds. The quantitative estimate of drug-likeness (QED) is 0.649. The number of ether oxygens (including phenoxy) is 1. The summed E-state index contributed by atoms with van der Waals surface area (Å²) in [4.78, 5) is 38.2. The number of amides is 3. The van der Waals surface area contributed by atoms with Crippen LogP contribution >= 0.6 is 0 Å². The van der Waals surface area contributed by atoms with Gasteiger partial charge in [0, 0.05) is 44.4 Å². The van der Waals surface area contributed by atoms with Crippen molar-refractivity contribution in [2.24, 2.45) is 0 Å². The zero-order valence-corrected chi connectivity index (χ0v) is 20.6. The molecule has 2 N–H and O–H groups in total. The largest absolute Gasteiger partial charge is 0.478 e. The number of rotatable bonds is 5. The van der Waals surface area contributed by atoms with Crippen LogP contribution in [0.5, 0.6) is 5.75 Å². The number of carbonyl (C=O) groups excluding carboxylic acids is 3. The highest BCUT2D eigenvalue weighted by molar-refractivity contribution is 7.89. The Bertz CT molecular complexity index is 1280. The lowest BCUT2D eigenvalue weighted by Crippen LogP contribution is -2.50. The third-order valence-electron chi connectivity index (χ3n) is 6.10. The van der Waals surface area contributed by atoms with Crippen LogP contribution in [-0.2, 0) is 19.6 Å². The SMILES string of the molecule is CCC1Oc2ccc(S(=O)(=O)N3CCN(C(=O)c4ccc(C)c(NC(C)=O)c4)CC3)cc2NC1=O. The minimum atomic E-state index is -3.83. The van der Waals surface area contributed by atoms with E-state index in [2.05, 4.69) is 10.6 Å². The Labute approximate surface area is 204 Å². The van der Waals surface area contributed by atoms with E-state index in [1.165, 1.54) is 23.4 Å². The molecule has 10 nitrogen and oxygen atoms in total. The molecule has 11 heteroatoms. The molecule has 186 valence electrons. The van der Waals surface area contributed by atoms with Gasteiger partial charge in [0.2, 0.25) is 15.9 Å². The Morgan fingerprint density at radius 2 is 1.83 bits per heavy atom. The minimum absolute atomic E-state index is 0.0494. The van der Waals surface area contributed by atoms with E-state index < -0.39 is 16.1 Å². The van der Waals surface area contributed by atoms with E-state index in [1.54, 1.807) is 29.2 Å². The van der Waals surface area contributed by atoms with Gasteiger partial charge in [0.1, 0.15) is 5.75 Å². The van der Waals surface area contributed by atoms with Crippen LogP contribution in [0.1, 0.15) is 36.2 Å². The van der Waals surface area contributed by atoms with Gasteiger partial charge in [-0.05, 0) is 49.2 Å². The van der Waals surface area contributed by atoms with Crippen molar-refractivity contribution >= 4 is 39.1 Å². The number of hydrogen-bond acceptors (Lipinski definition) is 6. The number of carbonyl (C=O) groups is 3. The maximum atomic E-state index is 13.2. The fourth-order valence-corrected chi connectivity index (χ4v) is 5.55. The molecule has 1 fully saturated rings. The van der Waals surface area contributed by atoms with Crippen LogP contribution in [0.15, 0.2) is 41.3 Å². The minimum Gasteiger partial charge on any atom is -0.478 e. The number of anilines is 2.